The third-order valence-corrected chi connectivity index (χ3v) is 5.12. The summed E-state index contributed by atoms with van der Waals surface area (Å²) < 4.78 is 5.36. The van der Waals surface area contributed by atoms with Crippen molar-refractivity contribution in [2.75, 3.05) is 39.8 Å². The highest BCUT2D eigenvalue weighted by Crippen LogP contribution is 2.35. The second kappa shape index (κ2) is 7.44. The lowest BCUT2D eigenvalue weighted by atomic mass is 10.0. The molecule has 0 spiro atoms. The van der Waals surface area contributed by atoms with Crippen LogP contribution in [0.2, 0.25) is 0 Å². The number of likely N-dealkylation sites (tertiary alicyclic amines) is 1. The average Bonchev–Trinajstić information content (AvgIpc) is 3.17. The monoisotopic (exact) mass is 303 g/mol. The predicted octanol–water partition coefficient (Wildman–Crippen LogP) is 2.39. The van der Waals surface area contributed by atoms with Crippen molar-refractivity contribution in [1.82, 2.24) is 9.80 Å². The van der Waals surface area contributed by atoms with Crippen LogP contribution in [0.1, 0.15) is 42.9 Å². The van der Waals surface area contributed by atoms with E-state index in [9.17, 15) is 0 Å². The van der Waals surface area contributed by atoms with Crippen molar-refractivity contribution in [2.24, 2.45) is 5.73 Å². The molecule has 2 N–H and O–H groups in total. The molecule has 4 heteroatoms. The summed E-state index contributed by atoms with van der Waals surface area (Å²) in [4.78, 5) is 5.14. The molecule has 0 bridgehead atoms. The zero-order valence-corrected chi connectivity index (χ0v) is 13.8. The number of hydrogen-bond acceptors (Lipinski definition) is 4. The van der Waals surface area contributed by atoms with Gasteiger partial charge in [0.25, 0.3) is 0 Å². The van der Waals surface area contributed by atoms with Gasteiger partial charge in [-0.2, -0.15) is 0 Å². The van der Waals surface area contributed by atoms with Gasteiger partial charge in [0, 0.05) is 19.1 Å². The maximum absolute atomic E-state index is 6.04. The molecule has 2 heterocycles. The molecule has 1 atom stereocenters. The first-order valence-corrected chi connectivity index (χ1v) is 8.65. The summed E-state index contributed by atoms with van der Waals surface area (Å²) in [6.45, 7) is 6.74. The third-order valence-electron chi connectivity index (χ3n) is 5.12. The zero-order valence-electron chi connectivity index (χ0n) is 13.8. The molecule has 1 aromatic rings. The fourth-order valence-electron chi connectivity index (χ4n) is 3.85. The van der Waals surface area contributed by atoms with E-state index in [1.165, 1.54) is 56.4 Å². The first kappa shape index (κ1) is 15.8. The minimum atomic E-state index is 0.358. The highest BCUT2D eigenvalue weighted by Gasteiger charge is 2.28. The second-order valence-electron chi connectivity index (χ2n) is 6.54. The van der Waals surface area contributed by atoms with E-state index in [4.69, 9.17) is 10.5 Å². The Labute approximate surface area is 134 Å². The van der Waals surface area contributed by atoms with Gasteiger partial charge in [-0.15, -0.1) is 0 Å². The fourth-order valence-corrected chi connectivity index (χ4v) is 3.85. The largest absolute Gasteiger partial charge is 0.497 e. The molecule has 22 heavy (non-hydrogen) atoms. The van der Waals surface area contributed by atoms with E-state index in [1.807, 2.05) is 0 Å². The fraction of sp³-hybridized carbons (Fsp3) is 0.667. The van der Waals surface area contributed by atoms with Crippen molar-refractivity contribution in [3.63, 3.8) is 0 Å². The van der Waals surface area contributed by atoms with Crippen molar-refractivity contribution >= 4 is 0 Å². The molecule has 0 saturated carbocycles. The third kappa shape index (κ3) is 3.45. The van der Waals surface area contributed by atoms with E-state index in [0.717, 1.165) is 18.8 Å². The summed E-state index contributed by atoms with van der Waals surface area (Å²) in [6, 6.07) is 6.78. The van der Waals surface area contributed by atoms with Gasteiger partial charge < -0.3 is 15.4 Å². The summed E-state index contributed by atoms with van der Waals surface area (Å²) in [5, 5.41) is 0. The maximum Gasteiger partial charge on any atom is 0.119 e. The number of benzene rings is 1. The van der Waals surface area contributed by atoms with Gasteiger partial charge in [0.1, 0.15) is 5.75 Å². The zero-order chi connectivity index (χ0) is 15.4. The van der Waals surface area contributed by atoms with Crippen molar-refractivity contribution in [3.8, 4) is 5.75 Å². The first-order valence-electron chi connectivity index (χ1n) is 8.65. The number of ether oxygens (including phenoxy) is 1. The molecule has 1 fully saturated rings. The molecule has 0 amide bonds. The van der Waals surface area contributed by atoms with E-state index in [-0.39, 0.29) is 0 Å². The van der Waals surface area contributed by atoms with Crippen LogP contribution in [0, 0.1) is 0 Å². The van der Waals surface area contributed by atoms with E-state index >= 15 is 0 Å². The van der Waals surface area contributed by atoms with Crippen molar-refractivity contribution in [2.45, 2.75) is 38.3 Å². The van der Waals surface area contributed by atoms with Crippen LogP contribution in [0.5, 0.6) is 5.75 Å². The van der Waals surface area contributed by atoms with Crippen LogP contribution < -0.4 is 10.5 Å². The highest BCUT2D eigenvalue weighted by atomic mass is 16.5. The predicted molar refractivity (Wildman–Crippen MR) is 90.1 cm³/mol. The van der Waals surface area contributed by atoms with E-state index < -0.39 is 0 Å². The lowest BCUT2D eigenvalue weighted by molar-refractivity contribution is 0.210. The minimum Gasteiger partial charge on any atom is -0.497 e. The molecular formula is C18H29N3O. The molecule has 2 aliphatic rings. The minimum absolute atomic E-state index is 0.358. The summed E-state index contributed by atoms with van der Waals surface area (Å²) in [5.41, 5.74) is 8.82. The van der Waals surface area contributed by atoms with Crippen LogP contribution in [0.4, 0.5) is 0 Å². The Morgan fingerprint density at radius 1 is 1.18 bits per heavy atom. The van der Waals surface area contributed by atoms with E-state index in [2.05, 4.69) is 28.0 Å². The molecule has 122 valence electrons. The summed E-state index contributed by atoms with van der Waals surface area (Å²) >= 11 is 0. The standard InChI is InChI=1S/C18H29N3O/c1-22-16-7-6-15-14-21(18(13-19)17(15)12-16)11-5-4-10-20-8-2-3-9-20/h6-7,12,18H,2-5,8-11,13-14,19H2,1H3. The SMILES string of the molecule is COc1ccc2c(c1)C(CN)N(CCCCN1CCCC1)C2. The summed E-state index contributed by atoms with van der Waals surface area (Å²) in [6.07, 6.45) is 5.34. The van der Waals surface area contributed by atoms with Crippen LogP contribution in [0.25, 0.3) is 0 Å². The molecular weight excluding hydrogens is 274 g/mol. The molecule has 1 saturated heterocycles. The highest BCUT2D eigenvalue weighted by molar-refractivity contribution is 5.40. The van der Waals surface area contributed by atoms with Gasteiger partial charge in [0.2, 0.25) is 0 Å². The molecule has 2 aliphatic heterocycles. The summed E-state index contributed by atoms with van der Waals surface area (Å²) in [5.74, 6) is 0.938. The molecule has 0 radical (unpaired) electrons. The number of hydrogen-bond donors (Lipinski definition) is 1. The molecule has 0 aromatic heterocycles. The smallest absolute Gasteiger partial charge is 0.119 e. The molecule has 4 nitrogen and oxygen atoms in total. The first-order chi connectivity index (χ1) is 10.8. The number of methoxy groups -OCH3 is 1. The van der Waals surface area contributed by atoms with Crippen molar-refractivity contribution in [1.29, 1.82) is 0 Å². The normalized spacial score (nSPS) is 22.2. The molecule has 1 unspecified atom stereocenters. The van der Waals surface area contributed by atoms with Gasteiger partial charge in [-0.05, 0) is 75.1 Å². The lowest BCUT2D eigenvalue weighted by Crippen LogP contribution is -2.29. The Bertz CT molecular complexity index is 485. The maximum atomic E-state index is 6.04. The van der Waals surface area contributed by atoms with Crippen LogP contribution in [-0.2, 0) is 6.54 Å². The lowest BCUT2D eigenvalue weighted by Gasteiger charge is -2.24. The van der Waals surface area contributed by atoms with E-state index in [0.29, 0.717) is 12.6 Å². The van der Waals surface area contributed by atoms with Crippen molar-refractivity contribution < 1.29 is 4.74 Å². The number of unbranched alkanes of at least 4 members (excludes halogenated alkanes) is 1. The number of nitrogens with zero attached hydrogens (tertiary/aromatic N) is 2. The number of rotatable bonds is 7. The molecule has 3 rings (SSSR count). The Morgan fingerprint density at radius 2 is 1.95 bits per heavy atom. The molecule has 0 aliphatic carbocycles. The Balaban J connectivity index is 1.51. The van der Waals surface area contributed by atoms with Crippen molar-refractivity contribution in [3.05, 3.63) is 29.3 Å². The van der Waals surface area contributed by atoms with Crippen LogP contribution in [0.3, 0.4) is 0 Å². The van der Waals surface area contributed by atoms with Gasteiger partial charge in [-0.25, -0.2) is 0 Å². The number of fused-ring (bicyclic) bond motifs is 1. The summed E-state index contributed by atoms with van der Waals surface area (Å²) in [7, 11) is 1.73. The second-order valence-corrected chi connectivity index (χ2v) is 6.54. The van der Waals surface area contributed by atoms with Crippen LogP contribution >= 0.6 is 0 Å². The average molecular weight is 303 g/mol. The Morgan fingerprint density at radius 3 is 2.68 bits per heavy atom. The van der Waals surface area contributed by atoms with Gasteiger partial charge >= 0.3 is 0 Å². The van der Waals surface area contributed by atoms with Crippen LogP contribution in [0.15, 0.2) is 18.2 Å². The Hall–Kier alpha value is -1.10. The van der Waals surface area contributed by atoms with Gasteiger partial charge in [0.15, 0.2) is 0 Å². The number of nitrogens with two attached hydrogens (primary N) is 1. The van der Waals surface area contributed by atoms with Gasteiger partial charge in [-0.1, -0.05) is 6.07 Å². The Kier molecular flexibility index (Phi) is 5.34. The van der Waals surface area contributed by atoms with Gasteiger partial charge in [0.05, 0.1) is 7.11 Å². The topological polar surface area (TPSA) is 41.7 Å². The molecule has 1 aromatic carbocycles. The van der Waals surface area contributed by atoms with E-state index in [1.54, 1.807) is 7.11 Å². The van der Waals surface area contributed by atoms with Gasteiger partial charge in [-0.3, -0.25) is 4.90 Å². The van der Waals surface area contributed by atoms with Crippen LogP contribution in [-0.4, -0.2) is 49.6 Å². The quantitative estimate of drug-likeness (QED) is 0.785.